The number of rotatable bonds is 4. The number of hydrogen-bond donors (Lipinski definition) is 0. The Morgan fingerprint density at radius 1 is 1.13 bits per heavy atom. The van der Waals surface area contributed by atoms with Gasteiger partial charge in [-0.1, -0.05) is 73.6 Å². The van der Waals surface area contributed by atoms with Gasteiger partial charge in [0.05, 0.1) is 24.0 Å². The summed E-state index contributed by atoms with van der Waals surface area (Å²) in [5, 5.41) is 0.520. The summed E-state index contributed by atoms with van der Waals surface area (Å²) in [6.07, 6.45) is 0.234. The van der Waals surface area contributed by atoms with Gasteiger partial charge in [0.25, 0.3) is 5.91 Å². The van der Waals surface area contributed by atoms with Crippen molar-refractivity contribution >= 4 is 38.4 Å². The maximum atomic E-state index is 12.8. The number of hydrogen-bond acceptors (Lipinski definition) is 4. The fourth-order valence-corrected chi connectivity index (χ4v) is 7.99. The molecule has 158 valence electrons. The summed E-state index contributed by atoms with van der Waals surface area (Å²) in [5.41, 5.74) is 4.15. The minimum Gasteiger partial charge on any atom is -0.315 e. The lowest BCUT2D eigenvalue weighted by Gasteiger charge is -2.28. The summed E-state index contributed by atoms with van der Waals surface area (Å²) in [5.74, 6) is 0.292. The first-order valence-electron chi connectivity index (χ1n) is 10.2. The molecule has 2 fully saturated rings. The highest BCUT2D eigenvalue weighted by Gasteiger charge is 2.49. The fourth-order valence-electron chi connectivity index (χ4n) is 4.07. The van der Waals surface area contributed by atoms with Crippen LogP contribution < -0.4 is 4.90 Å². The molecule has 5 nitrogen and oxygen atoms in total. The van der Waals surface area contributed by atoms with E-state index in [1.165, 1.54) is 11.8 Å². The predicted octanol–water partition coefficient (Wildman–Crippen LogP) is 3.96. The molecule has 2 aliphatic heterocycles. The molecule has 0 saturated carbocycles. The number of para-hydroxylation sites is 1. The van der Waals surface area contributed by atoms with Crippen molar-refractivity contribution in [2.45, 2.75) is 44.4 Å². The Labute approximate surface area is 182 Å². The van der Waals surface area contributed by atoms with Gasteiger partial charge in [-0.05, 0) is 30.0 Å². The monoisotopic (exact) mass is 442 g/mol. The van der Waals surface area contributed by atoms with Crippen molar-refractivity contribution in [1.29, 1.82) is 0 Å². The van der Waals surface area contributed by atoms with Crippen LogP contribution in [0, 0.1) is 6.92 Å². The van der Waals surface area contributed by atoms with E-state index in [-0.39, 0.29) is 41.0 Å². The summed E-state index contributed by atoms with van der Waals surface area (Å²) in [6, 6.07) is 15.7. The standard InChI is InChI=1S/C23H26N2O3S2/c1-15(2)18-6-4-5-7-19(18)25-20-13-30(27,28)14-21(20)29-23(25)24-22(26)12-17-10-8-16(3)9-11-17/h4-11,15,20-21H,12-14H2,1-3H3. The highest BCUT2D eigenvalue weighted by molar-refractivity contribution is 8.16. The minimum absolute atomic E-state index is 0.0962. The van der Waals surface area contributed by atoms with E-state index in [9.17, 15) is 13.2 Å². The number of carbonyl (C=O) groups is 1. The van der Waals surface area contributed by atoms with E-state index in [0.29, 0.717) is 5.17 Å². The number of amidine groups is 1. The molecule has 0 N–H and O–H groups in total. The van der Waals surface area contributed by atoms with Crippen LogP contribution in [0.15, 0.2) is 53.5 Å². The zero-order chi connectivity index (χ0) is 21.5. The molecule has 0 aromatic heterocycles. The molecule has 2 heterocycles. The third-order valence-electron chi connectivity index (χ3n) is 5.58. The van der Waals surface area contributed by atoms with Crippen LogP contribution in [0.2, 0.25) is 0 Å². The number of nitrogens with zero attached hydrogens (tertiary/aromatic N) is 2. The van der Waals surface area contributed by atoms with Crippen molar-refractivity contribution in [2.24, 2.45) is 4.99 Å². The molecule has 2 atom stereocenters. The molecule has 4 rings (SSSR count). The normalized spacial score (nSPS) is 23.9. The van der Waals surface area contributed by atoms with Gasteiger partial charge in [0.15, 0.2) is 15.0 Å². The van der Waals surface area contributed by atoms with Crippen molar-refractivity contribution in [2.75, 3.05) is 16.4 Å². The number of carbonyl (C=O) groups excluding carboxylic acids is 1. The van der Waals surface area contributed by atoms with Crippen LogP contribution in [0.3, 0.4) is 0 Å². The van der Waals surface area contributed by atoms with Crippen LogP contribution in [0.1, 0.15) is 36.5 Å². The second-order valence-electron chi connectivity index (χ2n) is 8.33. The van der Waals surface area contributed by atoms with Crippen LogP contribution in [0.4, 0.5) is 5.69 Å². The van der Waals surface area contributed by atoms with E-state index in [0.717, 1.165) is 22.4 Å². The Morgan fingerprint density at radius 3 is 2.53 bits per heavy atom. The van der Waals surface area contributed by atoms with E-state index < -0.39 is 9.84 Å². The maximum Gasteiger partial charge on any atom is 0.252 e. The van der Waals surface area contributed by atoms with E-state index in [1.54, 1.807) is 0 Å². The van der Waals surface area contributed by atoms with E-state index in [4.69, 9.17) is 0 Å². The largest absolute Gasteiger partial charge is 0.315 e. The maximum absolute atomic E-state index is 12.8. The van der Waals surface area contributed by atoms with E-state index in [2.05, 4.69) is 24.9 Å². The third kappa shape index (κ3) is 4.32. The summed E-state index contributed by atoms with van der Waals surface area (Å²) in [7, 11) is -3.09. The lowest BCUT2D eigenvalue weighted by molar-refractivity contribution is -0.117. The highest BCUT2D eigenvalue weighted by Crippen LogP contribution is 2.43. The van der Waals surface area contributed by atoms with Gasteiger partial charge in [-0.25, -0.2) is 8.42 Å². The molecule has 1 amide bonds. The van der Waals surface area contributed by atoms with Crippen LogP contribution in [-0.2, 0) is 21.1 Å². The van der Waals surface area contributed by atoms with E-state index >= 15 is 0 Å². The molecule has 0 bridgehead atoms. The van der Waals surface area contributed by atoms with Crippen molar-refractivity contribution in [3.63, 3.8) is 0 Å². The van der Waals surface area contributed by atoms with Gasteiger partial charge >= 0.3 is 0 Å². The lowest BCUT2D eigenvalue weighted by Crippen LogP contribution is -2.38. The molecule has 2 aromatic carbocycles. The highest BCUT2D eigenvalue weighted by atomic mass is 32.2. The quantitative estimate of drug-likeness (QED) is 0.717. The topological polar surface area (TPSA) is 66.8 Å². The molecule has 0 radical (unpaired) electrons. The van der Waals surface area contributed by atoms with E-state index in [1.807, 2.05) is 54.3 Å². The van der Waals surface area contributed by atoms with Gasteiger partial charge in [-0.15, -0.1) is 0 Å². The summed E-state index contributed by atoms with van der Waals surface area (Å²) in [6.45, 7) is 6.24. The second kappa shape index (κ2) is 8.19. The number of aryl methyl sites for hydroxylation is 1. The number of aliphatic imine (C=N–C) groups is 1. The van der Waals surface area contributed by atoms with Gasteiger partial charge in [-0.3, -0.25) is 4.79 Å². The van der Waals surface area contributed by atoms with Crippen molar-refractivity contribution < 1.29 is 13.2 Å². The number of thioether (sulfide) groups is 1. The van der Waals surface area contributed by atoms with Gasteiger partial charge in [-0.2, -0.15) is 4.99 Å². The Morgan fingerprint density at radius 2 is 1.83 bits per heavy atom. The first-order valence-corrected chi connectivity index (χ1v) is 12.9. The Bertz CT molecular complexity index is 1090. The van der Waals surface area contributed by atoms with Crippen LogP contribution in [-0.4, -0.2) is 42.3 Å². The first-order chi connectivity index (χ1) is 14.2. The summed E-state index contributed by atoms with van der Waals surface area (Å²) < 4.78 is 24.6. The number of amides is 1. The molecule has 2 saturated heterocycles. The summed E-state index contributed by atoms with van der Waals surface area (Å²) in [4.78, 5) is 19.2. The molecule has 30 heavy (non-hydrogen) atoms. The average Bonchev–Trinajstić information content (AvgIpc) is 3.14. The van der Waals surface area contributed by atoms with Gasteiger partial charge < -0.3 is 4.90 Å². The second-order valence-corrected chi connectivity index (χ2v) is 11.7. The molecular weight excluding hydrogens is 416 g/mol. The third-order valence-corrected chi connectivity index (χ3v) is 8.79. The van der Waals surface area contributed by atoms with Crippen LogP contribution >= 0.6 is 11.8 Å². The molecule has 0 spiro atoms. The zero-order valence-corrected chi connectivity index (χ0v) is 19.0. The molecule has 0 aliphatic carbocycles. The molecule has 2 unspecified atom stereocenters. The molecule has 7 heteroatoms. The van der Waals surface area contributed by atoms with Gasteiger partial charge in [0.2, 0.25) is 0 Å². The molecule has 2 aliphatic rings. The van der Waals surface area contributed by atoms with Crippen molar-refractivity contribution in [1.82, 2.24) is 0 Å². The average molecular weight is 443 g/mol. The fraction of sp³-hybridized carbons (Fsp3) is 0.391. The Balaban J connectivity index is 1.69. The van der Waals surface area contributed by atoms with Crippen LogP contribution in [0.25, 0.3) is 0 Å². The molecular formula is C23H26N2O3S2. The minimum atomic E-state index is -3.09. The zero-order valence-electron chi connectivity index (χ0n) is 17.4. The Kier molecular flexibility index (Phi) is 5.77. The Hall–Kier alpha value is -2.12. The first kappa shape index (κ1) is 21.1. The predicted molar refractivity (Wildman–Crippen MR) is 124 cm³/mol. The van der Waals surface area contributed by atoms with Crippen molar-refractivity contribution in [3.05, 3.63) is 65.2 Å². The van der Waals surface area contributed by atoms with Gasteiger partial charge in [0.1, 0.15) is 0 Å². The van der Waals surface area contributed by atoms with Crippen LogP contribution in [0.5, 0.6) is 0 Å². The number of anilines is 1. The SMILES string of the molecule is Cc1ccc(CC(=O)N=C2SC3CS(=O)(=O)CC3N2c2ccccc2C(C)C)cc1. The van der Waals surface area contributed by atoms with Gasteiger partial charge in [0, 0.05) is 10.9 Å². The number of sulfone groups is 1. The summed E-state index contributed by atoms with van der Waals surface area (Å²) >= 11 is 1.42. The number of fused-ring (bicyclic) bond motifs is 1. The van der Waals surface area contributed by atoms with Crippen molar-refractivity contribution in [3.8, 4) is 0 Å². The smallest absolute Gasteiger partial charge is 0.252 e. The molecule has 2 aromatic rings. The number of benzene rings is 2. The lowest BCUT2D eigenvalue weighted by atomic mass is 9.99.